The minimum atomic E-state index is -0.123. The molecule has 4 nitrogen and oxygen atoms in total. The topological polar surface area (TPSA) is 57.8 Å². The number of carbonyl (C=O) groups excluding carboxylic acids is 1. The third-order valence-electron chi connectivity index (χ3n) is 4.21. The molecule has 122 valence electrons. The summed E-state index contributed by atoms with van der Waals surface area (Å²) in [7, 11) is 0. The maximum Gasteiger partial charge on any atom is 0.255 e. The van der Waals surface area contributed by atoms with E-state index in [-0.39, 0.29) is 5.91 Å². The second-order valence-electron chi connectivity index (χ2n) is 5.92. The maximum atomic E-state index is 12.6. The number of hydrogen-bond acceptors (Lipinski definition) is 2. The number of aromatic amines is 1. The van der Waals surface area contributed by atoms with Crippen molar-refractivity contribution in [2.45, 2.75) is 6.92 Å². The summed E-state index contributed by atoms with van der Waals surface area (Å²) in [5.74, 6) is 0.614. The van der Waals surface area contributed by atoms with Crippen molar-refractivity contribution in [1.29, 1.82) is 0 Å². The van der Waals surface area contributed by atoms with Crippen LogP contribution in [-0.4, -0.2) is 15.9 Å². The average molecular weight is 327 g/mol. The normalized spacial score (nSPS) is 10.8. The van der Waals surface area contributed by atoms with Crippen molar-refractivity contribution in [3.8, 4) is 11.4 Å². The Bertz CT molecular complexity index is 1030. The summed E-state index contributed by atoms with van der Waals surface area (Å²) in [5.41, 5.74) is 5.08. The van der Waals surface area contributed by atoms with Crippen LogP contribution >= 0.6 is 0 Å². The lowest BCUT2D eigenvalue weighted by molar-refractivity contribution is 0.102. The Labute approximate surface area is 145 Å². The van der Waals surface area contributed by atoms with Crippen molar-refractivity contribution in [3.05, 3.63) is 83.9 Å². The molecule has 0 spiro atoms. The monoisotopic (exact) mass is 327 g/mol. The molecule has 0 unspecified atom stereocenters. The highest BCUT2D eigenvalue weighted by atomic mass is 16.1. The standard InChI is InChI=1S/C21H17N3O/c1-14-8-2-3-9-15(14)21(25)24-17-11-5-4-10-16(17)20-22-18-12-6-7-13-19(18)23-20/h2-13H,1H3,(H,22,23)(H,24,25). The van der Waals surface area contributed by atoms with E-state index in [1.165, 1.54) is 0 Å². The number of imidazole rings is 1. The minimum absolute atomic E-state index is 0.123. The Morgan fingerprint density at radius 2 is 1.64 bits per heavy atom. The second kappa shape index (κ2) is 6.24. The summed E-state index contributed by atoms with van der Waals surface area (Å²) in [4.78, 5) is 20.6. The number of anilines is 1. The third kappa shape index (κ3) is 2.90. The van der Waals surface area contributed by atoms with Crippen LogP contribution in [0.25, 0.3) is 22.4 Å². The number of nitrogens with one attached hydrogen (secondary N) is 2. The smallest absolute Gasteiger partial charge is 0.255 e. The number of amides is 1. The van der Waals surface area contributed by atoms with E-state index in [1.54, 1.807) is 0 Å². The summed E-state index contributed by atoms with van der Waals surface area (Å²) in [6.45, 7) is 1.93. The van der Waals surface area contributed by atoms with E-state index in [9.17, 15) is 4.79 Å². The Morgan fingerprint density at radius 3 is 2.48 bits per heavy atom. The Morgan fingerprint density at radius 1 is 0.920 bits per heavy atom. The van der Waals surface area contributed by atoms with Crippen LogP contribution in [0.15, 0.2) is 72.8 Å². The SMILES string of the molecule is Cc1ccccc1C(=O)Nc1ccccc1-c1nc2ccccc2[nH]1. The summed E-state index contributed by atoms with van der Waals surface area (Å²) in [6.07, 6.45) is 0. The van der Waals surface area contributed by atoms with Gasteiger partial charge in [0.1, 0.15) is 5.82 Å². The maximum absolute atomic E-state index is 12.6. The third-order valence-corrected chi connectivity index (χ3v) is 4.21. The number of hydrogen-bond donors (Lipinski definition) is 2. The van der Waals surface area contributed by atoms with Gasteiger partial charge in [0.2, 0.25) is 0 Å². The lowest BCUT2D eigenvalue weighted by Crippen LogP contribution is -2.14. The van der Waals surface area contributed by atoms with E-state index in [4.69, 9.17) is 0 Å². The van der Waals surface area contributed by atoms with Crippen LogP contribution < -0.4 is 5.32 Å². The van der Waals surface area contributed by atoms with Crippen LogP contribution in [0.1, 0.15) is 15.9 Å². The molecule has 0 radical (unpaired) electrons. The minimum Gasteiger partial charge on any atom is -0.338 e. The highest BCUT2D eigenvalue weighted by Gasteiger charge is 2.13. The van der Waals surface area contributed by atoms with Gasteiger partial charge in [-0.1, -0.05) is 42.5 Å². The summed E-state index contributed by atoms with van der Waals surface area (Å²) in [6, 6.07) is 23.1. The first-order valence-electron chi connectivity index (χ1n) is 8.13. The Kier molecular flexibility index (Phi) is 3.78. The Balaban J connectivity index is 1.72. The van der Waals surface area contributed by atoms with Gasteiger partial charge in [-0.3, -0.25) is 4.79 Å². The quantitative estimate of drug-likeness (QED) is 0.568. The molecule has 0 saturated carbocycles. The number of H-pyrrole nitrogens is 1. The van der Waals surface area contributed by atoms with Gasteiger partial charge in [0.05, 0.1) is 16.7 Å². The number of para-hydroxylation sites is 3. The van der Waals surface area contributed by atoms with E-state index >= 15 is 0 Å². The lowest BCUT2D eigenvalue weighted by atomic mass is 10.1. The molecule has 1 heterocycles. The molecule has 0 bridgehead atoms. The van der Waals surface area contributed by atoms with Crippen LogP contribution in [0.3, 0.4) is 0 Å². The van der Waals surface area contributed by atoms with Gasteiger partial charge in [0.25, 0.3) is 5.91 Å². The fraction of sp³-hybridized carbons (Fsp3) is 0.0476. The van der Waals surface area contributed by atoms with Crippen LogP contribution in [0.4, 0.5) is 5.69 Å². The molecule has 1 amide bonds. The lowest BCUT2D eigenvalue weighted by Gasteiger charge is -2.10. The number of aryl methyl sites for hydroxylation is 1. The van der Waals surface area contributed by atoms with E-state index in [2.05, 4.69) is 15.3 Å². The molecule has 2 N–H and O–H groups in total. The van der Waals surface area contributed by atoms with Gasteiger partial charge < -0.3 is 10.3 Å². The summed E-state index contributed by atoms with van der Waals surface area (Å²) in [5, 5.41) is 3.01. The first-order chi connectivity index (χ1) is 12.2. The molecule has 4 rings (SSSR count). The number of fused-ring (bicyclic) bond motifs is 1. The van der Waals surface area contributed by atoms with Crippen LogP contribution in [0, 0.1) is 6.92 Å². The van der Waals surface area contributed by atoms with Crippen molar-refractivity contribution in [3.63, 3.8) is 0 Å². The van der Waals surface area contributed by atoms with Gasteiger partial charge in [-0.15, -0.1) is 0 Å². The second-order valence-corrected chi connectivity index (χ2v) is 5.92. The first kappa shape index (κ1) is 15.1. The van der Waals surface area contributed by atoms with E-state index in [0.717, 1.165) is 33.7 Å². The number of rotatable bonds is 3. The van der Waals surface area contributed by atoms with Crippen LogP contribution in [0.5, 0.6) is 0 Å². The molecule has 0 aliphatic rings. The molecule has 3 aromatic carbocycles. The number of nitrogens with zero attached hydrogens (tertiary/aromatic N) is 1. The number of benzene rings is 3. The molecular formula is C21H17N3O. The van der Waals surface area contributed by atoms with Crippen molar-refractivity contribution in [2.75, 3.05) is 5.32 Å². The zero-order valence-corrected chi connectivity index (χ0v) is 13.8. The van der Waals surface area contributed by atoms with Gasteiger partial charge in [-0.05, 0) is 42.8 Å². The van der Waals surface area contributed by atoms with Gasteiger partial charge >= 0.3 is 0 Å². The van der Waals surface area contributed by atoms with Crippen molar-refractivity contribution < 1.29 is 4.79 Å². The van der Waals surface area contributed by atoms with Gasteiger partial charge in [-0.2, -0.15) is 0 Å². The molecule has 4 heteroatoms. The van der Waals surface area contributed by atoms with Crippen molar-refractivity contribution in [1.82, 2.24) is 9.97 Å². The molecular weight excluding hydrogens is 310 g/mol. The largest absolute Gasteiger partial charge is 0.338 e. The number of carbonyl (C=O) groups is 1. The van der Waals surface area contributed by atoms with Crippen LogP contribution in [0.2, 0.25) is 0 Å². The van der Waals surface area contributed by atoms with Crippen molar-refractivity contribution >= 4 is 22.6 Å². The van der Waals surface area contributed by atoms with Gasteiger partial charge in [-0.25, -0.2) is 4.98 Å². The van der Waals surface area contributed by atoms with Crippen LogP contribution in [-0.2, 0) is 0 Å². The predicted octanol–water partition coefficient (Wildman–Crippen LogP) is 4.79. The highest BCUT2D eigenvalue weighted by molar-refractivity contribution is 6.07. The molecule has 4 aromatic rings. The fourth-order valence-corrected chi connectivity index (χ4v) is 2.90. The molecule has 0 aliphatic heterocycles. The van der Waals surface area contributed by atoms with E-state index in [1.807, 2.05) is 79.7 Å². The van der Waals surface area contributed by atoms with E-state index < -0.39 is 0 Å². The molecule has 0 saturated heterocycles. The first-order valence-corrected chi connectivity index (χ1v) is 8.13. The molecule has 25 heavy (non-hydrogen) atoms. The zero-order chi connectivity index (χ0) is 17.2. The van der Waals surface area contributed by atoms with Gasteiger partial charge in [0, 0.05) is 11.1 Å². The predicted molar refractivity (Wildman–Crippen MR) is 101 cm³/mol. The molecule has 0 fully saturated rings. The van der Waals surface area contributed by atoms with Crippen molar-refractivity contribution in [2.24, 2.45) is 0 Å². The summed E-state index contributed by atoms with van der Waals surface area (Å²) < 4.78 is 0. The Hall–Kier alpha value is -3.40. The van der Waals surface area contributed by atoms with Gasteiger partial charge in [0.15, 0.2) is 0 Å². The average Bonchev–Trinajstić information content (AvgIpc) is 3.06. The zero-order valence-electron chi connectivity index (χ0n) is 13.8. The fourth-order valence-electron chi connectivity index (χ4n) is 2.90. The van der Waals surface area contributed by atoms with E-state index in [0.29, 0.717) is 5.56 Å². The molecule has 0 aliphatic carbocycles. The summed E-state index contributed by atoms with van der Waals surface area (Å²) >= 11 is 0. The molecule has 0 atom stereocenters. The number of aromatic nitrogens is 2. The highest BCUT2D eigenvalue weighted by Crippen LogP contribution is 2.28. The molecule has 1 aromatic heterocycles.